The molecule has 0 fully saturated rings. The minimum absolute atomic E-state index is 0.834. The second-order valence-corrected chi connectivity index (χ2v) is 6.98. The summed E-state index contributed by atoms with van der Waals surface area (Å²) in [6.45, 7) is 0. The molecule has 0 aliphatic heterocycles. The molecule has 0 bridgehead atoms. The van der Waals surface area contributed by atoms with Gasteiger partial charge in [-0.05, 0) is 36.4 Å². The molecule has 0 unspecified atom stereocenters. The van der Waals surface area contributed by atoms with Crippen LogP contribution in [-0.2, 0) is 0 Å². The Balaban J connectivity index is 1.52. The number of hydrogen-bond acceptors (Lipinski definition) is 5. The summed E-state index contributed by atoms with van der Waals surface area (Å²) in [7, 11) is 0. The van der Waals surface area contributed by atoms with Gasteiger partial charge in [0, 0.05) is 46.7 Å². The van der Waals surface area contributed by atoms with Crippen molar-refractivity contribution in [3.8, 4) is 33.9 Å². The van der Waals surface area contributed by atoms with Gasteiger partial charge in [-0.2, -0.15) is 5.10 Å². The summed E-state index contributed by atoms with van der Waals surface area (Å²) in [5.41, 5.74) is 7.23. The van der Waals surface area contributed by atoms with Gasteiger partial charge in [0.2, 0.25) is 0 Å². The van der Waals surface area contributed by atoms with Crippen molar-refractivity contribution in [3.05, 3.63) is 79.6 Å². The van der Waals surface area contributed by atoms with E-state index in [2.05, 4.69) is 41.2 Å². The normalized spacial score (nSPS) is 11.3. The Morgan fingerprint density at radius 1 is 0.700 bits per heavy atom. The van der Waals surface area contributed by atoms with E-state index in [-0.39, 0.29) is 0 Å². The fourth-order valence-corrected chi connectivity index (χ4v) is 3.70. The molecule has 6 heterocycles. The molecule has 6 rings (SSSR count). The van der Waals surface area contributed by atoms with Crippen molar-refractivity contribution in [3.63, 3.8) is 0 Å². The van der Waals surface area contributed by atoms with Crippen LogP contribution in [-0.4, -0.2) is 35.1 Å². The summed E-state index contributed by atoms with van der Waals surface area (Å²) in [5, 5.41) is 9.67. The highest BCUT2D eigenvalue weighted by molar-refractivity contribution is 6.00. The number of rotatable bonds is 3. The molecule has 30 heavy (non-hydrogen) atoms. The summed E-state index contributed by atoms with van der Waals surface area (Å²) in [5.74, 6) is 0. The van der Waals surface area contributed by atoms with Crippen molar-refractivity contribution in [2.45, 2.75) is 0 Å². The van der Waals surface area contributed by atoms with Gasteiger partial charge in [-0.1, -0.05) is 6.07 Å². The van der Waals surface area contributed by atoms with Gasteiger partial charge in [-0.3, -0.25) is 25.0 Å². The Kier molecular flexibility index (Phi) is 3.64. The van der Waals surface area contributed by atoms with Crippen molar-refractivity contribution in [1.29, 1.82) is 0 Å². The molecular formula is C23H15N7. The van der Waals surface area contributed by atoms with Gasteiger partial charge in [0.05, 0.1) is 40.5 Å². The number of nitrogens with zero attached hydrogens (tertiary/aromatic N) is 5. The van der Waals surface area contributed by atoms with Gasteiger partial charge in [0.25, 0.3) is 0 Å². The molecule has 2 N–H and O–H groups in total. The van der Waals surface area contributed by atoms with Crippen molar-refractivity contribution in [1.82, 2.24) is 35.1 Å². The van der Waals surface area contributed by atoms with Crippen molar-refractivity contribution >= 4 is 21.8 Å². The van der Waals surface area contributed by atoms with Crippen LogP contribution in [0.2, 0.25) is 0 Å². The number of aromatic amines is 2. The quantitative estimate of drug-likeness (QED) is 0.460. The van der Waals surface area contributed by atoms with E-state index in [4.69, 9.17) is 0 Å². The number of pyridine rings is 4. The molecule has 0 aliphatic rings. The molecule has 0 saturated carbocycles. The lowest BCUT2D eigenvalue weighted by Crippen LogP contribution is -1.85. The van der Waals surface area contributed by atoms with Gasteiger partial charge in [0.15, 0.2) is 0 Å². The van der Waals surface area contributed by atoms with E-state index in [0.717, 1.165) is 55.7 Å². The van der Waals surface area contributed by atoms with E-state index in [1.165, 1.54) is 0 Å². The topological polar surface area (TPSA) is 96.0 Å². The number of fused-ring (bicyclic) bond motifs is 2. The third kappa shape index (κ3) is 2.64. The largest absolute Gasteiger partial charge is 0.352 e. The van der Waals surface area contributed by atoms with Gasteiger partial charge < -0.3 is 4.98 Å². The zero-order valence-electron chi connectivity index (χ0n) is 15.7. The van der Waals surface area contributed by atoms with Crippen LogP contribution in [0.1, 0.15) is 0 Å². The lowest BCUT2D eigenvalue weighted by Gasteiger charge is -2.01. The summed E-state index contributed by atoms with van der Waals surface area (Å²) in [6.07, 6.45) is 10.8. The third-order valence-electron chi connectivity index (χ3n) is 5.15. The number of nitrogens with one attached hydrogen (secondary N) is 2. The monoisotopic (exact) mass is 389 g/mol. The molecule has 0 atom stereocenters. The van der Waals surface area contributed by atoms with Crippen molar-refractivity contribution in [2.75, 3.05) is 0 Å². The highest BCUT2D eigenvalue weighted by Gasteiger charge is 2.15. The zero-order chi connectivity index (χ0) is 19.9. The van der Waals surface area contributed by atoms with Crippen LogP contribution in [0.15, 0.2) is 79.6 Å². The molecule has 6 aromatic heterocycles. The summed E-state index contributed by atoms with van der Waals surface area (Å²) in [6, 6.07) is 13.9. The lowest BCUT2D eigenvalue weighted by atomic mass is 10.1. The maximum atomic E-state index is 4.55. The van der Waals surface area contributed by atoms with Gasteiger partial charge in [-0.15, -0.1) is 0 Å². The second-order valence-electron chi connectivity index (χ2n) is 6.98. The first-order valence-electron chi connectivity index (χ1n) is 9.50. The Morgan fingerprint density at radius 3 is 2.57 bits per heavy atom. The second kappa shape index (κ2) is 6.59. The molecule has 7 nitrogen and oxygen atoms in total. The van der Waals surface area contributed by atoms with Crippen LogP contribution >= 0.6 is 0 Å². The van der Waals surface area contributed by atoms with Crippen molar-refractivity contribution < 1.29 is 0 Å². The van der Waals surface area contributed by atoms with Crippen LogP contribution in [0, 0.1) is 0 Å². The average molecular weight is 389 g/mol. The SMILES string of the molecule is c1ccc(-c2cncc3[nH]c(-c4n[nH]c5cnc(-c6cccnc6)cc45)cc23)nc1. The summed E-state index contributed by atoms with van der Waals surface area (Å²) in [4.78, 5) is 21.0. The van der Waals surface area contributed by atoms with E-state index in [9.17, 15) is 0 Å². The smallest absolute Gasteiger partial charge is 0.116 e. The van der Waals surface area contributed by atoms with Crippen LogP contribution in [0.3, 0.4) is 0 Å². The molecular weight excluding hydrogens is 374 g/mol. The van der Waals surface area contributed by atoms with Crippen LogP contribution in [0.4, 0.5) is 0 Å². The maximum Gasteiger partial charge on any atom is 0.116 e. The molecule has 0 amide bonds. The summed E-state index contributed by atoms with van der Waals surface area (Å²) < 4.78 is 0. The van der Waals surface area contributed by atoms with Crippen LogP contribution < -0.4 is 0 Å². The Labute approximate surface area is 170 Å². The minimum Gasteiger partial charge on any atom is -0.352 e. The van der Waals surface area contributed by atoms with Gasteiger partial charge >= 0.3 is 0 Å². The molecule has 0 saturated heterocycles. The van der Waals surface area contributed by atoms with Gasteiger partial charge in [0.1, 0.15) is 5.69 Å². The van der Waals surface area contributed by atoms with Gasteiger partial charge in [-0.25, -0.2) is 0 Å². The van der Waals surface area contributed by atoms with E-state index in [0.29, 0.717) is 0 Å². The first kappa shape index (κ1) is 16.6. The van der Waals surface area contributed by atoms with E-state index >= 15 is 0 Å². The third-order valence-corrected chi connectivity index (χ3v) is 5.15. The number of hydrogen-bond donors (Lipinski definition) is 2. The Hall–Kier alpha value is -4.39. The molecule has 0 radical (unpaired) electrons. The minimum atomic E-state index is 0.834. The van der Waals surface area contributed by atoms with Crippen LogP contribution in [0.5, 0.6) is 0 Å². The maximum absolute atomic E-state index is 4.55. The average Bonchev–Trinajstić information content (AvgIpc) is 3.43. The lowest BCUT2D eigenvalue weighted by molar-refractivity contribution is 1.11. The van der Waals surface area contributed by atoms with E-state index in [1.54, 1.807) is 18.6 Å². The fourth-order valence-electron chi connectivity index (χ4n) is 3.70. The predicted molar refractivity (Wildman–Crippen MR) is 115 cm³/mol. The molecule has 7 heteroatoms. The molecule has 0 aliphatic carbocycles. The van der Waals surface area contributed by atoms with Crippen molar-refractivity contribution in [2.24, 2.45) is 0 Å². The number of H-pyrrole nitrogens is 2. The molecule has 6 aromatic rings. The van der Waals surface area contributed by atoms with E-state index < -0.39 is 0 Å². The summed E-state index contributed by atoms with van der Waals surface area (Å²) >= 11 is 0. The highest BCUT2D eigenvalue weighted by Crippen LogP contribution is 2.33. The standard InChI is InChI=1S/C23H15N7/c1-2-7-26-18(5-1)17-11-25-12-21-15(17)8-20(28-21)23-16-9-19(14-4-3-6-24-10-14)27-13-22(16)29-30-23/h1-13,28H,(H,29,30). The van der Waals surface area contributed by atoms with Crippen LogP contribution in [0.25, 0.3) is 55.7 Å². The molecule has 0 spiro atoms. The van der Waals surface area contributed by atoms with E-state index in [1.807, 2.05) is 55.0 Å². The highest BCUT2D eigenvalue weighted by atomic mass is 15.1. The number of aromatic nitrogens is 7. The first-order chi connectivity index (χ1) is 14.9. The Morgan fingerprint density at radius 2 is 1.70 bits per heavy atom. The predicted octanol–water partition coefficient (Wildman–Crippen LogP) is 4.63. The zero-order valence-corrected chi connectivity index (χ0v) is 15.7. The molecule has 142 valence electrons. The first-order valence-corrected chi connectivity index (χ1v) is 9.50. The fraction of sp³-hybridized carbons (Fsp3) is 0. The molecule has 0 aromatic carbocycles. The Bertz CT molecular complexity index is 1480.